The van der Waals surface area contributed by atoms with Gasteiger partial charge in [-0.25, -0.2) is 9.97 Å². The van der Waals surface area contributed by atoms with Gasteiger partial charge in [-0.2, -0.15) is 10.2 Å². The summed E-state index contributed by atoms with van der Waals surface area (Å²) in [6.45, 7) is 4.37. The standard InChI is InChI=1S/C23H25N7O2S/c1-14-5-7-16(8-6-14)19-4-3-9-30(19)22-27-18(21(32)26-15(2)13-31)10-20(28-22)29-23-25-12-17(11-24)33-23/h5-8,10,12,15,19,31H,3-4,9,13H2,1-2H3,(H,26,32)(H,25,27,28,29). The zero-order valence-electron chi connectivity index (χ0n) is 18.4. The van der Waals surface area contributed by atoms with Crippen molar-refractivity contribution in [2.24, 2.45) is 0 Å². The summed E-state index contributed by atoms with van der Waals surface area (Å²) >= 11 is 1.20. The fraction of sp³-hybridized carbons (Fsp3) is 0.348. The van der Waals surface area contributed by atoms with Crippen LogP contribution in [0.1, 0.15) is 52.3 Å². The number of amides is 1. The summed E-state index contributed by atoms with van der Waals surface area (Å²) in [4.78, 5) is 28.8. The van der Waals surface area contributed by atoms with Gasteiger partial charge in [0.2, 0.25) is 5.95 Å². The van der Waals surface area contributed by atoms with Crippen molar-refractivity contribution in [3.05, 3.63) is 58.2 Å². The van der Waals surface area contributed by atoms with Crippen LogP contribution >= 0.6 is 11.3 Å². The van der Waals surface area contributed by atoms with Crippen molar-refractivity contribution in [1.29, 1.82) is 5.26 Å². The molecular formula is C23H25N7O2S. The van der Waals surface area contributed by atoms with Gasteiger partial charge in [0.1, 0.15) is 22.5 Å². The van der Waals surface area contributed by atoms with E-state index in [0.29, 0.717) is 21.8 Å². The summed E-state index contributed by atoms with van der Waals surface area (Å²) in [6, 6.07) is 11.7. The molecule has 1 aliphatic rings. The molecule has 0 spiro atoms. The number of nitriles is 1. The van der Waals surface area contributed by atoms with Crippen LogP contribution in [0.25, 0.3) is 0 Å². The summed E-state index contributed by atoms with van der Waals surface area (Å²) in [5.74, 6) is 0.461. The molecule has 10 heteroatoms. The quantitative estimate of drug-likeness (QED) is 0.487. The number of carbonyl (C=O) groups excluding carboxylic acids is 1. The minimum Gasteiger partial charge on any atom is -0.394 e. The zero-order chi connectivity index (χ0) is 23.4. The molecule has 2 aromatic heterocycles. The Labute approximate surface area is 196 Å². The van der Waals surface area contributed by atoms with Gasteiger partial charge in [0.05, 0.1) is 18.8 Å². The summed E-state index contributed by atoms with van der Waals surface area (Å²) < 4.78 is 0. The predicted octanol–water partition coefficient (Wildman–Crippen LogP) is 3.31. The maximum absolute atomic E-state index is 12.8. The number of hydrogen-bond donors (Lipinski definition) is 3. The van der Waals surface area contributed by atoms with E-state index in [2.05, 4.69) is 67.7 Å². The molecule has 0 aliphatic carbocycles. The molecule has 1 aliphatic heterocycles. The van der Waals surface area contributed by atoms with E-state index in [-0.39, 0.29) is 18.3 Å². The van der Waals surface area contributed by atoms with Crippen molar-refractivity contribution in [3.63, 3.8) is 0 Å². The Kier molecular flexibility index (Phi) is 6.82. The van der Waals surface area contributed by atoms with Crippen LogP contribution in [0.15, 0.2) is 36.5 Å². The van der Waals surface area contributed by atoms with E-state index < -0.39 is 11.9 Å². The number of aliphatic hydroxyl groups is 1. The highest BCUT2D eigenvalue weighted by Gasteiger charge is 2.29. The smallest absolute Gasteiger partial charge is 0.270 e. The second kappa shape index (κ2) is 9.94. The molecule has 3 heterocycles. The second-order valence-electron chi connectivity index (χ2n) is 8.02. The summed E-state index contributed by atoms with van der Waals surface area (Å²) in [6.07, 6.45) is 3.44. The van der Waals surface area contributed by atoms with E-state index in [9.17, 15) is 9.90 Å². The lowest BCUT2D eigenvalue weighted by atomic mass is 10.0. The minimum absolute atomic E-state index is 0.109. The van der Waals surface area contributed by atoms with Gasteiger partial charge in [0.15, 0.2) is 5.13 Å². The SMILES string of the molecule is Cc1ccc(C2CCCN2c2nc(Nc3ncc(C#N)s3)cc(C(=O)NC(C)CO)n2)cc1. The van der Waals surface area contributed by atoms with Crippen LogP contribution in [0.2, 0.25) is 0 Å². The molecule has 2 unspecified atom stereocenters. The molecule has 170 valence electrons. The highest BCUT2D eigenvalue weighted by Crippen LogP contribution is 2.35. The van der Waals surface area contributed by atoms with Crippen LogP contribution in [-0.2, 0) is 0 Å². The number of nitrogens with one attached hydrogen (secondary N) is 2. The monoisotopic (exact) mass is 463 g/mol. The largest absolute Gasteiger partial charge is 0.394 e. The number of aromatic nitrogens is 3. The molecule has 2 atom stereocenters. The van der Waals surface area contributed by atoms with Crippen molar-refractivity contribution in [3.8, 4) is 6.07 Å². The Morgan fingerprint density at radius 1 is 1.36 bits per heavy atom. The molecule has 4 rings (SSSR count). The van der Waals surface area contributed by atoms with Gasteiger partial charge in [-0.1, -0.05) is 41.2 Å². The van der Waals surface area contributed by atoms with Crippen molar-refractivity contribution in [1.82, 2.24) is 20.3 Å². The first-order valence-corrected chi connectivity index (χ1v) is 11.6. The molecular weight excluding hydrogens is 438 g/mol. The third kappa shape index (κ3) is 5.27. The van der Waals surface area contributed by atoms with Crippen LogP contribution in [0, 0.1) is 18.3 Å². The van der Waals surface area contributed by atoms with Crippen LogP contribution in [0.4, 0.5) is 16.9 Å². The first-order chi connectivity index (χ1) is 16.0. The van der Waals surface area contributed by atoms with Gasteiger partial charge in [-0.3, -0.25) is 4.79 Å². The number of anilines is 3. The maximum Gasteiger partial charge on any atom is 0.270 e. The molecule has 1 aromatic carbocycles. The number of carbonyl (C=O) groups is 1. The molecule has 3 aromatic rings. The lowest BCUT2D eigenvalue weighted by Crippen LogP contribution is -2.36. The Hall–Kier alpha value is -3.55. The topological polar surface area (TPSA) is 127 Å². The molecule has 1 saturated heterocycles. The van der Waals surface area contributed by atoms with Crippen molar-refractivity contribution in [2.75, 3.05) is 23.4 Å². The molecule has 1 fully saturated rings. The Morgan fingerprint density at radius 2 is 2.15 bits per heavy atom. The van der Waals surface area contributed by atoms with E-state index in [0.717, 1.165) is 19.4 Å². The lowest BCUT2D eigenvalue weighted by Gasteiger charge is -2.26. The van der Waals surface area contributed by atoms with Crippen molar-refractivity contribution >= 4 is 34.1 Å². The number of benzene rings is 1. The fourth-order valence-corrected chi connectivity index (χ4v) is 4.34. The predicted molar refractivity (Wildman–Crippen MR) is 127 cm³/mol. The Bertz CT molecular complexity index is 1170. The number of rotatable bonds is 7. The number of nitrogens with zero attached hydrogens (tertiary/aromatic N) is 5. The van der Waals surface area contributed by atoms with Crippen LogP contribution in [0.5, 0.6) is 0 Å². The highest BCUT2D eigenvalue weighted by molar-refractivity contribution is 7.16. The Balaban J connectivity index is 1.69. The molecule has 0 saturated carbocycles. The van der Waals surface area contributed by atoms with Crippen LogP contribution in [0.3, 0.4) is 0 Å². The van der Waals surface area contributed by atoms with Gasteiger partial charge in [-0.15, -0.1) is 0 Å². The summed E-state index contributed by atoms with van der Waals surface area (Å²) in [5.41, 5.74) is 2.57. The highest BCUT2D eigenvalue weighted by atomic mass is 32.1. The normalized spacial score (nSPS) is 16.3. The van der Waals surface area contributed by atoms with E-state index >= 15 is 0 Å². The average molecular weight is 464 g/mol. The summed E-state index contributed by atoms with van der Waals surface area (Å²) in [5, 5.41) is 24.7. The van der Waals surface area contributed by atoms with E-state index in [1.807, 2.05) is 0 Å². The average Bonchev–Trinajstić information content (AvgIpc) is 3.49. The third-order valence-electron chi connectivity index (χ3n) is 5.42. The van der Waals surface area contributed by atoms with Crippen molar-refractivity contribution < 1.29 is 9.90 Å². The second-order valence-corrected chi connectivity index (χ2v) is 9.05. The number of aliphatic hydroxyl groups excluding tert-OH is 1. The van der Waals surface area contributed by atoms with Gasteiger partial charge in [0, 0.05) is 18.7 Å². The molecule has 3 N–H and O–H groups in total. The lowest BCUT2D eigenvalue weighted by molar-refractivity contribution is 0.0917. The summed E-state index contributed by atoms with van der Waals surface area (Å²) in [7, 11) is 0. The van der Waals surface area contributed by atoms with Gasteiger partial charge >= 0.3 is 0 Å². The molecule has 9 nitrogen and oxygen atoms in total. The molecule has 0 bridgehead atoms. The number of aryl methyl sites for hydroxylation is 1. The fourth-order valence-electron chi connectivity index (χ4n) is 3.72. The van der Waals surface area contributed by atoms with E-state index in [1.54, 1.807) is 13.0 Å². The zero-order valence-corrected chi connectivity index (χ0v) is 19.3. The first kappa shape index (κ1) is 22.6. The first-order valence-electron chi connectivity index (χ1n) is 10.7. The maximum atomic E-state index is 12.8. The van der Waals surface area contributed by atoms with Crippen LogP contribution < -0.4 is 15.5 Å². The van der Waals surface area contributed by atoms with Crippen molar-refractivity contribution in [2.45, 2.75) is 38.8 Å². The number of thiazole rings is 1. The molecule has 0 radical (unpaired) electrons. The van der Waals surface area contributed by atoms with Crippen LogP contribution in [-0.4, -0.2) is 45.2 Å². The number of hydrogen-bond acceptors (Lipinski definition) is 9. The van der Waals surface area contributed by atoms with E-state index in [1.165, 1.54) is 28.7 Å². The van der Waals surface area contributed by atoms with Gasteiger partial charge < -0.3 is 20.6 Å². The third-order valence-corrected chi connectivity index (χ3v) is 6.24. The van der Waals surface area contributed by atoms with Gasteiger partial charge in [-0.05, 0) is 32.3 Å². The molecule has 33 heavy (non-hydrogen) atoms. The van der Waals surface area contributed by atoms with E-state index in [4.69, 9.17) is 5.26 Å². The Morgan fingerprint density at radius 3 is 2.85 bits per heavy atom. The minimum atomic E-state index is -0.406. The van der Waals surface area contributed by atoms with Gasteiger partial charge in [0.25, 0.3) is 5.91 Å². The molecule has 1 amide bonds.